The number of nitrogens with zero attached hydrogens (tertiary/aromatic N) is 6. The van der Waals surface area contributed by atoms with E-state index in [0.717, 1.165) is 62.5 Å². The molecule has 4 fully saturated rings. The zero-order valence-electron chi connectivity index (χ0n) is 26.6. The highest BCUT2D eigenvalue weighted by Crippen LogP contribution is 2.49. The number of carbonyl (C=O) groups excluding carboxylic acids is 1. The van der Waals surface area contributed by atoms with E-state index in [1.54, 1.807) is 30.4 Å². The van der Waals surface area contributed by atoms with Crippen molar-refractivity contribution in [2.24, 2.45) is 18.4 Å². The van der Waals surface area contributed by atoms with Gasteiger partial charge in [-0.05, 0) is 47.6 Å². The molecule has 3 aromatic heterocycles. The van der Waals surface area contributed by atoms with E-state index >= 15 is 0 Å². The molecule has 2 N–H and O–H groups in total. The zero-order chi connectivity index (χ0) is 31.7. The number of hydrogen-bond acceptors (Lipinski definition) is 9. The summed E-state index contributed by atoms with van der Waals surface area (Å²) >= 11 is 0. The van der Waals surface area contributed by atoms with Gasteiger partial charge in [0.15, 0.2) is 0 Å². The van der Waals surface area contributed by atoms with Gasteiger partial charge in [0.05, 0.1) is 31.6 Å². The van der Waals surface area contributed by atoms with Crippen molar-refractivity contribution in [1.29, 1.82) is 0 Å². The number of nitrogens with one attached hydrogen (secondary N) is 1. The van der Waals surface area contributed by atoms with Crippen LogP contribution >= 0.6 is 0 Å². The Balaban J connectivity index is 1.04. The number of amides is 1. The summed E-state index contributed by atoms with van der Waals surface area (Å²) in [6.45, 7) is 9.24. The highest BCUT2D eigenvalue weighted by atomic mass is 16.5. The van der Waals surface area contributed by atoms with Crippen molar-refractivity contribution in [2.45, 2.75) is 51.3 Å². The number of pyridine rings is 3. The number of fused-ring (bicyclic) bond motifs is 3. The van der Waals surface area contributed by atoms with Gasteiger partial charge < -0.3 is 24.6 Å². The van der Waals surface area contributed by atoms with Gasteiger partial charge >= 0.3 is 0 Å². The molecule has 1 amide bonds. The molecule has 1 aliphatic carbocycles. The van der Waals surface area contributed by atoms with Crippen LogP contribution in [0, 0.1) is 11.3 Å². The Morgan fingerprint density at radius 1 is 1.09 bits per heavy atom. The Bertz CT molecular complexity index is 1770. The predicted octanol–water partition coefficient (Wildman–Crippen LogP) is 3.23. The normalized spacial score (nSPS) is 24.3. The van der Waals surface area contributed by atoms with Crippen LogP contribution in [0.4, 0.5) is 17.3 Å². The monoisotopic (exact) mass is 623 g/mol. The number of anilines is 3. The lowest BCUT2D eigenvalue weighted by atomic mass is 9.90. The van der Waals surface area contributed by atoms with Crippen LogP contribution in [0.15, 0.2) is 59.4 Å². The topological polar surface area (TPSA) is 116 Å². The minimum Gasteiger partial charge on any atom is -0.392 e. The van der Waals surface area contributed by atoms with E-state index in [-0.39, 0.29) is 23.5 Å². The number of piperazine rings is 1. The molecule has 7 heterocycles. The molecule has 11 heteroatoms. The van der Waals surface area contributed by atoms with Crippen LogP contribution in [-0.4, -0.2) is 86.8 Å². The molecular formula is C35H41N7O4. The summed E-state index contributed by atoms with van der Waals surface area (Å²) in [7, 11) is 1.71. The smallest absolute Gasteiger partial charge is 0.275 e. The van der Waals surface area contributed by atoms with Crippen LogP contribution in [0.1, 0.15) is 43.7 Å². The number of hydrogen-bond donors (Lipinski definition) is 2. The van der Waals surface area contributed by atoms with Crippen molar-refractivity contribution < 1.29 is 14.6 Å². The molecule has 240 valence electrons. The quantitative estimate of drug-likeness (QED) is 0.409. The SMILES string of the molecule is Cn1cc(-c2ccnc(N3CCN4C(=CC5CC(C)(C)CC54)C3=O)c2CO)cc(Nc2ccc(C3CN(C4COC4)C3)cn2)c1=O. The maximum atomic E-state index is 13.8. The molecule has 0 bridgehead atoms. The van der Waals surface area contributed by atoms with Crippen molar-refractivity contribution in [3.63, 3.8) is 0 Å². The molecule has 1 saturated carbocycles. The number of likely N-dealkylation sites (tertiary alicyclic amines) is 1. The average molecular weight is 624 g/mol. The molecule has 46 heavy (non-hydrogen) atoms. The van der Waals surface area contributed by atoms with E-state index in [9.17, 15) is 14.7 Å². The van der Waals surface area contributed by atoms with Crippen molar-refractivity contribution in [2.75, 3.05) is 49.6 Å². The molecule has 3 aromatic rings. The van der Waals surface area contributed by atoms with E-state index in [1.165, 1.54) is 10.1 Å². The minimum absolute atomic E-state index is 0.0678. The fourth-order valence-electron chi connectivity index (χ4n) is 8.10. The van der Waals surface area contributed by atoms with E-state index in [2.05, 4.69) is 51.1 Å². The molecule has 0 aromatic carbocycles. The fourth-order valence-corrected chi connectivity index (χ4v) is 8.10. The summed E-state index contributed by atoms with van der Waals surface area (Å²) in [5, 5.41) is 13.9. The zero-order valence-corrected chi connectivity index (χ0v) is 26.6. The molecule has 11 nitrogen and oxygen atoms in total. The van der Waals surface area contributed by atoms with Crippen LogP contribution in [0.3, 0.4) is 0 Å². The lowest BCUT2D eigenvalue weighted by Crippen LogP contribution is -2.58. The van der Waals surface area contributed by atoms with Gasteiger partial charge in [-0.2, -0.15) is 0 Å². The van der Waals surface area contributed by atoms with E-state index in [1.807, 2.05) is 18.3 Å². The number of rotatable bonds is 7. The second-order valence-corrected chi connectivity index (χ2v) is 14.3. The van der Waals surface area contributed by atoms with Gasteiger partial charge in [-0.1, -0.05) is 26.0 Å². The second kappa shape index (κ2) is 11.0. The molecule has 3 saturated heterocycles. The standard InChI is InChI=1S/C35H41N7O4/c1-35(2)12-22-11-29-34(45)42(9-8-41(29)30(22)13-35)32-27(18-43)26(6-7-36-32)23-10-28(33(44)39(3)15-23)38-31-5-4-21(14-37-31)24-16-40(17-24)25-19-46-20-25/h4-7,10-11,14-15,22,24-25,30,43H,8-9,12-13,16-20H2,1-3H3,(H,37,38). The third-order valence-electron chi connectivity index (χ3n) is 10.7. The fraction of sp³-hybridized carbons (Fsp3) is 0.486. The van der Waals surface area contributed by atoms with Gasteiger partial charge in [-0.25, -0.2) is 9.97 Å². The first kappa shape index (κ1) is 29.3. The maximum absolute atomic E-state index is 13.8. The van der Waals surface area contributed by atoms with Crippen molar-refractivity contribution >= 4 is 23.2 Å². The predicted molar refractivity (Wildman–Crippen MR) is 175 cm³/mol. The summed E-state index contributed by atoms with van der Waals surface area (Å²) in [4.78, 5) is 42.7. The lowest BCUT2D eigenvalue weighted by molar-refractivity contribution is -0.118. The highest BCUT2D eigenvalue weighted by molar-refractivity contribution is 6.06. The minimum atomic E-state index is -0.300. The third kappa shape index (κ3) is 4.92. The molecule has 5 aliphatic rings. The first-order valence-corrected chi connectivity index (χ1v) is 16.3. The van der Waals surface area contributed by atoms with Gasteiger partial charge in [-0.15, -0.1) is 0 Å². The summed E-state index contributed by atoms with van der Waals surface area (Å²) in [6.07, 6.45) is 9.63. The highest BCUT2D eigenvalue weighted by Gasteiger charge is 2.49. The first-order valence-electron chi connectivity index (χ1n) is 16.3. The Hall–Kier alpha value is -4.06. The number of aromatic nitrogens is 3. The van der Waals surface area contributed by atoms with E-state index in [4.69, 9.17) is 4.74 Å². The van der Waals surface area contributed by atoms with Gasteiger partial charge in [0.25, 0.3) is 11.5 Å². The maximum Gasteiger partial charge on any atom is 0.275 e. The molecule has 4 aliphatic heterocycles. The lowest BCUT2D eigenvalue weighted by Gasteiger charge is -2.47. The van der Waals surface area contributed by atoms with E-state index in [0.29, 0.717) is 53.4 Å². The van der Waals surface area contributed by atoms with Crippen LogP contribution in [-0.2, 0) is 23.2 Å². The molecule has 2 atom stereocenters. The van der Waals surface area contributed by atoms with Gasteiger partial charge in [0, 0.05) is 80.8 Å². The second-order valence-electron chi connectivity index (χ2n) is 14.3. The Labute approximate surface area is 268 Å². The molecule has 2 unspecified atom stereocenters. The van der Waals surface area contributed by atoms with Crippen LogP contribution in [0.5, 0.6) is 0 Å². The van der Waals surface area contributed by atoms with Crippen molar-refractivity contribution in [1.82, 2.24) is 24.3 Å². The van der Waals surface area contributed by atoms with Crippen LogP contribution < -0.4 is 15.8 Å². The first-order chi connectivity index (χ1) is 22.2. The summed E-state index contributed by atoms with van der Waals surface area (Å²) in [6, 6.07) is 8.53. The summed E-state index contributed by atoms with van der Waals surface area (Å²) in [5.41, 5.74) is 4.40. The van der Waals surface area contributed by atoms with Gasteiger partial charge in [0.2, 0.25) is 0 Å². The summed E-state index contributed by atoms with van der Waals surface area (Å²) in [5.74, 6) is 1.83. The van der Waals surface area contributed by atoms with Crippen molar-refractivity contribution in [3.05, 3.63) is 76.1 Å². The Morgan fingerprint density at radius 2 is 1.91 bits per heavy atom. The van der Waals surface area contributed by atoms with Crippen LogP contribution in [0.2, 0.25) is 0 Å². The number of aliphatic hydroxyl groups excluding tert-OH is 1. The Morgan fingerprint density at radius 3 is 2.63 bits per heavy atom. The number of aryl methyl sites for hydroxylation is 1. The molecule has 0 radical (unpaired) electrons. The van der Waals surface area contributed by atoms with E-state index < -0.39 is 0 Å². The van der Waals surface area contributed by atoms with Gasteiger partial charge in [-0.3, -0.25) is 19.4 Å². The van der Waals surface area contributed by atoms with Crippen molar-refractivity contribution in [3.8, 4) is 11.1 Å². The average Bonchev–Trinajstić information content (AvgIpc) is 3.48. The molecule has 8 rings (SSSR count). The Kier molecular flexibility index (Phi) is 7.04. The van der Waals surface area contributed by atoms with Gasteiger partial charge in [0.1, 0.15) is 17.3 Å². The number of carbonyl (C=O) groups is 1. The number of aliphatic hydroxyl groups is 1. The molecular weight excluding hydrogens is 582 g/mol. The largest absolute Gasteiger partial charge is 0.392 e. The number of ether oxygens (including phenoxy) is 1. The molecule has 0 spiro atoms. The summed E-state index contributed by atoms with van der Waals surface area (Å²) < 4.78 is 6.84. The van der Waals surface area contributed by atoms with Crippen LogP contribution in [0.25, 0.3) is 11.1 Å². The third-order valence-corrected chi connectivity index (χ3v) is 10.7.